The molecule has 0 amide bonds. The SMILES string of the molecule is CNC(c1cc(F)ccc1Br)c1cccc(Cl)c1Cl. The molecule has 19 heavy (non-hydrogen) atoms. The quantitative estimate of drug-likeness (QED) is 0.790. The zero-order valence-corrected chi connectivity index (χ0v) is 13.2. The molecule has 0 aromatic heterocycles. The first-order valence-electron chi connectivity index (χ1n) is 5.60. The van der Waals surface area contributed by atoms with E-state index in [1.807, 2.05) is 12.1 Å². The van der Waals surface area contributed by atoms with E-state index in [0.717, 1.165) is 15.6 Å². The van der Waals surface area contributed by atoms with Gasteiger partial charge in [-0.2, -0.15) is 0 Å². The van der Waals surface area contributed by atoms with E-state index in [0.29, 0.717) is 10.0 Å². The molecular weight excluding hydrogens is 352 g/mol. The first kappa shape index (κ1) is 14.8. The van der Waals surface area contributed by atoms with Gasteiger partial charge in [0.05, 0.1) is 16.1 Å². The topological polar surface area (TPSA) is 12.0 Å². The van der Waals surface area contributed by atoms with Gasteiger partial charge in [0.15, 0.2) is 0 Å². The Morgan fingerprint density at radius 2 is 1.89 bits per heavy atom. The van der Waals surface area contributed by atoms with Crippen molar-refractivity contribution in [2.45, 2.75) is 6.04 Å². The first-order valence-corrected chi connectivity index (χ1v) is 7.15. The Balaban J connectivity index is 2.56. The minimum absolute atomic E-state index is 0.240. The van der Waals surface area contributed by atoms with Crippen molar-refractivity contribution in [2.75, 3.05) is 7.05 Å². The summed E-state index contributed by atoms with van der Waals surface area (Å²) in [6.45, 7) is 0. The molecular formula is C14H11BrCl2FN. The van der Waals surface area contributed by atoms with Gasteiger partial charge in [0.2, 0.25) is 0 Å². The Morgan fingerprint density at radius 3 is 2.58 bits per heavy atom. The molecule has 2 rings (SSSR count). The van der Waals surface area contributed by atoms with Crippen LogP contribution in [0.4, 0.5) is 4.39 Å². The number of rotatable bonds is 3. The predicted molar refractivity (Wildman–Crippen MR) is 81.5 cm³/mol. The van der Waals surface area contributed by atoms with Crippen LogP contribution in [0.5, 0.6) is 0 Å². The van der Waals surface area contributed by atoms with Crippen LogP contribution in [0, 0.1) is 5.82 Å². The van der Waals surface area contributed by atoms with Gasteiger partial charge in [0.1, 0.15) is 5.82 Å². The Morgan fingerprint density at radius 1 is 1.16 bits per heavy atom. The minimum Gasteiger partial charge on any atom is -0.309 e. The maximum atomic E-state index is 13.4. The largest absolute Gasteiger partial charge is 0.309 e. The van der Waals surface area contributed by atoms with E-state index >= 15 is 0 Å². The number of hydrogen-bond acceptors (Lipinski definition) is 1. The van der Waals surface area contributed by atoms with Gasteiger partial charge in [-0.15, -0.1) is 0 Å². The lowest BCUT2D eigenvalue weighted by molar-refractivity contribution is 0.615. The third-order valence-corrected chi connectivity index (χ3v) is 4.41. The molecule has 2 aromatic carbocycles. The molecule has 1 unspecified atom stereocenters. The monoisotopic (exact) mass is 361 g/mol. The number of benzene rings is 2. The maximum Gasteiger partial charge on any atom is 0.123 e. The zero-order valence-electron chi connectivity index (χ0n) is 10.1. The summed E-state index contributed by atoms with van der Waals surface area (Å²) in [5.74, 6) is -0.295. The van der Waals surface area contributed by atoms with Gasteiger partial charge in [0.25, 0.3) is 0 Å². The van der Waals surface area contributed by atoms with Crippen molar-refractivity contribution < 1.29 is 4.39 Å². The van der Waals surface area contributed by atoms with Crippen LogP contribution < -0.4 is 5.32 Å². The second-order valence-corrected chi connectivity index (χ2v) is 5.67. The van der Waals surface area contributed by atoms with Crippen molar-refractivity contribution in [2.24, 2.45) is 0 Å². The summed E-state index contributed by atoms with van der Waals surface area (Å²) in [4.78, 5) is 0. The second kappa shape index (κ2) is 6.23. The summed E-state index contributed by atoms with van der Waals surface area (Å²) in [5, 5.41) is 4.08. The summed E-state index contributed by atoms with van der Waals surface area (Å²) in [6.07, 6.45) is 0. The fraction of sp³-hybridized carbons (Fsp3) is 0.143. The Labute approximate surface area is 129 Å². The number of hydrogen-bond donors (Lipinski definition) is 1. The van der Waals surface area contributed by atoms with E-state index in [4.69, 9.17) is 23.2 Å². The molecule has 0 bridgehead atoms. The van der Waals surface area contributed by atoms with Crippen LogP contribution in [-0.4, -0.2) is 7.05 Å². The lowest BCUT2D eigenvalue weighted by Crippen LogP contribution is -2.18. The van der Waals surface area contributed by atoms with Gasteiger partial charge in [-0.1, -0.05) is 51.3 Å². The highest BCUT2D eigenvalue weighted by Crippen LogP contribution is 2.35. The predicted octanol–water partition coefficient (Wildman–Crippen LogP) is 5.20. The second-order valence-electron chi connectivity index (χ2n) is 4.03. The van der Waals surface area contributed by atoms with E-state index in [9.17, 15) is 4.39 Å². The number of halogens is 4. The van der Waals surface area contributed by atoms with Crippen molar-refractivity contribution in [3.8, 4) is 0 Å². The molecule has 0 spiro atoms. The highest BCUT2D eigenvalue weighted by molar-refractivity contribution is 9.10. The molecule has 1 nitrogen and oxygen atoms in total. The molecule has 0 aliphatic rings. The van der Waals surface area contributed by atoms with Crippen LogP contribution in [0.15, 0.2) is 40.9 Å². The van der Waals surface area contributed by atoms with Crippen LogP contribution >= 0.6 is 39.1 Å². The fourth-order valence-electron chi connectivity index (χ4n) is 1.96. The lowest BCUT2D eigenvalue weighted by atomic mass is 9.98. The fourth-order valence-corrected chi connectivity index (χ4v) is 2.85. The van der Waals surface area contributed by atoms with Gasteiger partial charge in [-0.05, 0) is 42.4 Å². The van der Waals surface area contributed by atoms with Crippen LogP contribution in [0.25, 0.3) is 0 Å². The first-order chi connectivity index (χ1) is 9.04. The van der Waals surface area contributed by atoms with Gasteiger partial charge >= 0.3 is 0 Å². The zero-order chi connectivity index (χ0) is 14.0. The average Bonchev–Trinajstić information content (AvgIpc) is 2.39. The molecule has 0 aliphatic carbocycles. The summed E-state index contributed by atoms with van der Waals surface area (Å²) in [5.41, 5.74) is 1.58. The van der Waals surface area contributed by atoms with Crippen molar-refractivity contribution in [3.63, 3.8) is 0 Å². The van der Waals surface area contributed by atoms with Crippen LogP contribution in [0.2, 0.25) is 10.0 Å². The van der Waals surface area contributed by atoms with Gasteiger partial charge < -0.3 is 5.32 Å². The Hall–Kier alpha value is -0.610. The van der Waals surface area contributed by atoms with Crippen molar-refractivity contribution in [3.05, 3.63) is 67.9 Å². The van der Waals surface area contributed by atoms with E-state index in [1.165, 1.54) is 12.1 Å². The van der Waals surface area contributed by atoms with E-state index in [1.54, 1.807) is 19.2 Å². The van der Waals surface area contributed by atoms with Gasteiger partial charge in [0, 0.05) is 4.47 Å². The standard InChI is InChI=1S/C14H11BrCl2FN/c1-19-14(9-3-2-4-12(16)13(9)17)10-7-8(18)5-6-11(10)15/h2-7,14,19H,1H3. The van der Waals surface area contributed by atoms with E-state index < -0.39 is 0 Å². The van der Waals surface area contributed by atoms with Gasteiger partial charge in [-0.25, -0.2) is 4.39 Å². The minimum atomic E-state index is -0.295. The van der Waals surface area contributed by atoms with E-state index in [2.05, 4.69) is 21.2 Å². The average molecular weight is 363 g/mol. The van der Waals surface area contributed by atoms with Crippen molar-refractivity contribution in [1.29, 1.82) is 0 Å². The molecule has 0 aliphatic heterocycles. The van der Waals surface area contributed by atoms with E-state index in [-0.39, 0.29) is 11.9 Å². The van der Waals surface area contributed by atoms with Crippen LogP contribution in [0.3, 0.4) is 0 Å². The molecule has 5 heteroatoms. The van der Waals surface area contributed by atoms with Crippen LogP contribution in [0.1, 0.15) is 17.2 Å². The molecule has 0 saturated carbocycles. The lowest BCUT2D eigenvalue weighted by Gasteiger charge is -2.20. The summed E-state index contributed by atoms with van der Waals surface area (Å²) < 4.78 is 14.2. The number of nitrogens with one attached hydrogen (secondary N) is 1. The van der Waals surface area contributed by atoms with Gasteiger partial charge in [-0.3, -0.25) is 0 Å². The summed E-state index contributed by atoms with van der Waals surface area (Å²) >= 11 is 15.7. The summed E-state index contributed by atoms with van der Waals surface area (Å²) in [7, 11) is 1.79. The van der Waals surface area contributed by atoms with Crippen molar-refractivity contribution >= 4 is 39.1 Å². The molecule has 1 atom stereocenters. The molecule has 0 heterocycles. The molecule has 0 radical (unpaired) electrons. The normalized spacial score (nSPS) is 12.5. The molecule has 1 N–H and O–H groups in total. The maximum absolute atomic E-state index is 13.4. The van der Waals surface area contributed by atoms with Crippen LogP contribution in [-0.2, 0) is 0 Å². The smallest absolute Gasteiger partial charge is 0.123 e. The third kappa shape index (κ3) is 3.11. The molecule has 0 saturated heterocycles. The molecule has 2 aromatic rings. The van der Waals surface area contributed by atoms with Crippen molar-refractivity contribution in [1.82, 2.24) is 5.32 Å². The molecule has 0 fully saturated rings. The highest BCUT2D eigenvalue weighted by atomic mass is 79.9. The molecule has 100 valence electrons. The Bertz CT molecular complexity index is 602. The third-order valence-electron chi connectivity index (χ3n) is 2.85. The summed E-state index contributed by atoms with van der Waals surface area (Å²) in [6, 6.07) is 9.72. The highest BCUT2D eigenvalue weighted by Gasteiger charge is 2.19. The Kier molecular flexibility index (Phi) is 4.85.